The van der Waals surface area contributed by atoms with E-state index in [1.165, 1.54) is 44.1 Å². The summed E-state index contributed by atoms with van der Waals surface area (Å²) in [6, 6.07) is 2.17. The summed E-state index contributed by atoms with van der Waals surface area (Å²) in [4.78, 5) is 15.3. The molecule has 0 aromatic carbocycles. The van der Waals surface area contributed by atoms with Crippen molar-refractivity contribution in [3.63, 3.8) is 0 Å². The number of nitrogens with one attached hydrogen (secondary N) is 1. The van der Waals surface area contributed by atoms with Crippen LogP contribution in [0.25, 0.3) is 0 Å². The van der Waals surface area contributed by atoms with Gasteiger partial charge in [0.25, 0.3) is 0 Å². The number of carbonyl (C=O) groups is 1. The van der Waals surface area contributed by atoms with Gasteiger partial charge < -0.3 is 4.90 Å². The van der Waals surface area contributed by atoms with Crippen molar-refractivity contribution < 1.29 is 4.79 Å². The van der Waals surface area contributed by atoms with Crippen molar-refractivity contribution in [3.05, 3.63) is 22.4 Å². The minimum absolute atomic E-state index is 0.113. The summed E-state index contributed by atoms with van der Waals surface area (Å²) >= 11 is 1.73. The molecule has 1 unspecified atom stereocenters. The highest BCUT2D eigenvalue weighted by molar-refractivity contribution is 7.07. The predicted molar refractivity (Wildman–Crippen MR) is 85.1 cm³/mol. The van der Waals surface area contributed by atoms with Crippen LogP contribution in [0.1, 0.15) is 63.1 Å². The molecule has 3 aliphatic rings. The molecule has 1 atom stereocenters. The Hall–Kier alpha value is -0.870. The first-order valence-electron chi connectivity index (χ1n) is 8.39. The Labute approximate surface area is 130 Å². The molecular formula is C17H24N2OS. The smallest absolute Gasteiger partial charge is 0.244 e. The molecule has 4 heteroatoms. The molecule has 0 bridgehead atoms. The van der Waals surface area contributed by atoms with Crippen molar-refractivity contribution >= 4 is 17.2 Å². The number of carbonyl (C=O) groups excluding carboxylic acids is 1. The van der Waals surface area contributed by atoms with Crippen LogP contribution in [0.4, 0.5) is 0 Å². The lowest BCUT2D eigenvalue weighted by Gasteiger charge is -2.26. The molecule has 21 heavy (non-hydrogen) atoms. The van der Waals surface area contributed by atoms with Gasteiger partial charge in [0.2, 0.25) is 5.91 Å². The van der Waals surface area contributed by atoms with Gasteiger partial charge in [0, 0.05) is 6.54 Å². The standard InChI is InChI=1S/C17H24N2OS/c20-16-17(8-3-4-9-17)18-15(14-7-10-21-12-14)19(16)11-13-5-1-2-6-13/h7,10,12-13,15,18H,1-6,8-9,11H2. The summed E-state index contributed by atoms with van der Waals surface area (Å²) in [7, 11) is 0. The van der Waals surface area contributed by atoms with E-state index >= 15 is 0 Å². The van der Waals surface area contributed by atoms with Crippen LogP contribution in [-0.4, -0.2) is 22.9 Å². The molecule has 1 amide bonds. The zero-order valence-electron chi connectivity index (χ0n) is 12.5. The van der Waals surface area contributed by atoms with E-state index in [0.29, 0.717) is 11.8 Å². The number of nitrogens with zero attached hydrogens (tertiary/aromatic N) is 1. The minimum atomic E-state index is -0.245. The third kappa shape index (κ3) is 2.33. The Bertz CT molecular complexity index is 501. The van der Waals surface area contributed by atoms with Crippen molar-refractivity contribution in [2.75, 3.05) is 6.54 Å². The van der Waals surface area contributed by atoms with Crippen LogP contribution in [-0.2, 0) is 4.79 Å². The first-order valence-corrected chi connectivity index (χ1v) is 9.34. The van der Waals surface area contributed by atoms with Crippen molar-refractivity contribution in [1.29, 1.82) is 0 Å². The normalized spacial score (nSPS) is 29.0. The molecule has 1 saturated heterocycles. The fraction of sp³-hybridized carbons (Fsp3) is 0.706. The maximum Gasteiger partial charge on any atom is 0.244 e. The lowest BCUT2D eigenvalue weighted by atomic mass is 9.97. The van der Waals surface area contributed by atoms with E-state index < -0.39 is 0 Å². The molecule has 1 aliphatic heterocycles. The molecule has 1 N–H and O–H groups in total. The summed E-state index contributed by atoms with van der Waals surface area (Å²) < 4.78 is 0. The number of hydrogen-bond acceptors (Lipinski definition) is 3. The van der Waals surface area contributed by atoms with Gasteiger partial charge in [-0.05, 0) is 54.0 Å². The molecule has 3 fully saturated rings. The Balaban J connectivity index is 1.61. The second-order valence-electron chi connectivity index (χ2n) is 7.00. The highest BCUT2D eigenvalue weighted by atomic mass is 32.1. The molecule has 4 rings (SSSR count). The molecular weight excluding hydrogens is 280 g/mol. The van der Waals surface area contributed by atoms with Gasteiger partial charge in [0.1, 0.15) is 6.17 Å². The predicted octanol–water partition coefficient (Wildman–Crippen LogP) is 3.68. The van der Waals surface area contributed by atoms with E-state index in [-0.39, 0.29) is 11.7 Å². The number of thiophene rings is 1. The van der Waals surface area contributed by atoms with Gasteiger partial charge in [0.05, 0.1) is 5.54 Å². The Kier molecular flexibility index (Phi) is 3.54. The maximum absolute atomic E-state index is 13.1. The van der Waals surface area contributed by atoms with E-state index in [4.69, 9.17) is 0 Å². The van der Waals surface area contributed by atoms with Crippen LogP contribution in [0, 0.1) is 5.92 Å². The molecule has 2 aliphatic carbocycles. The average molecular weight is 304 g/mol. The van der Waals surface area contributed by atoms with Crippen LogP contribution < -0.4 is 5.32 Å². The largest absolute Gasteiger partial charge is 0.321 e. The fourth-order valence-electron chi connectivity index (χ4n) is 4.48. The molecule has 3 nitrogen and oxygen atoms in total. The van der Waals surface area contributed by atoms with Crippen molar-refractivity contribution in [3.8, 4) is 0 Å². The van der Waals surface area contributed by atoms with Crippen molar-refractivity contribution in [2.45, 2.75) is 63.1 Å². The highest BCUT2D eigenvalue weighted by Gasteiger charge is 2.52. The van der Waals surface area contributed by atoms with Crippen molar-refractivity contribution in [1.82, 2.24) is 10.2 Å². The summed E-state index contributed by atoms with van der Waals surface area (Å²) in [6.07, 6.45) is 9.81. The van der Waals surface area contributed by atoms with Crippen LogP contribution in [0.3, 0.4) is 0 Å². The zero-order chi connectivity index (χ0) is 14.3. The Morgan fingerprint density at radius 1 is 1.24 bits per heavy atom. The van der Waals surface area contributed by atoms with Gasteiger partial charge in [-0.1, -0.05) is 25.7 Å². The topological polar surface area (TPSA) is 32.3 Å². The lowest BCUT2D eigenvalue weighted by Crippen LogP contribution is -2.44. The quantitative estimate of drug-likeness (QED) is 0.924. The molecule has 1 spiro atoms. The molecule has 0 radical (unpaired) electrons. The third-order valence-corrected chi connectivity index (χ3v) is 6.34. The number of amides is 1. The Morgan fingerprint density at radius 2 is 2.00 bits per heavy atom. The second kappa shape index (κ2) is 5.40. The number of hydrogen-bond donors (Lipinski definition) is 1. The molecule has 2 saturated carbocycles. The van der Waals surface area contributed by atoms with Gasteiger partial charge >= 0.3 is 0 Å². The van der Waals surface area contributed by atoms with Gasteiger partial charge in [-0.25, -0.2) is 0 Å². The fourth-order valence-corrected chi connectivity index (χ4v) is 5.16. The molecule has 2 heterocycles. The maximum atomic E-state index is 13.1. The van der Waals surface area contributed by atoms with E-state index in [0.717, 1.165) is 19.4 Å². The van der Waals surface area contributed by atoms with Crippen LogP contribution in [0.2, 0.25) is 0 Å². The molecule has 114 valence electrons. The molecule has 1 aromatic rings. The van der Waals surface area contributed by atoms with Crippen molar-refractivity contribution in [2.24, 2.45) is 5.92 Å². The van der Waals surface area contributed by atoms with Gasteiger partial charge in [-0.2, -0.15) is 11.3 Å². The van der Waals surface area contributed by atoms with Gasteiger partial charge in [-0.15, -0.1) is 0 Å². The Morgan fingerprint density at radius 3 is 2.67 bits per heavy atom. The summed E-state index contributed by atoms with van der Waals surface area (Å²) in [6.45, 7) is 0.952. The SMILES string of the molecule is O=C1N(CC2CCCC2)C(c2ccsc2)NC12CCCC2. The third-order valence-electron chi connectivity index (χ3n) is 5.64. The highest BCUT2D eigenvalue weighted by Crippen LogP contribution is 2.42. The van der Waals surface area contributed by atoms with Crippen LogP contribution >= 0.6 is 11.3 Å². The van der Waals surface area contributed by atoms with E-state index in [2.05, 4.69) is 27.0 Å². The van der Waals surface area contributed by atoms with Gasteiger partial charge in [-0.3, -0.25) is 10.1 Å². The van der Waals surface area contributed by atoms with E-state index in [9.17, 15) is 4.79 Å². The minimum Gasteiger partial charge on any atom is -0.321 e. The first-order chi connectivity index (χ1) is 10.3. The lowest BCUT2D eigenvalue weighted by molar-refractivity contribution is -0.133. The average Bonchev–Trinajstić information content (AvgIpc) is 3.26. The summed E-state index contributed by atoms with van der Waals surface area (Å²) in [5.41, 5.74) is 1.03. The van der Waals surface area contributed by atoms with Crippen LogP contribution in [0.15, 0.2) is 16.8 Å². The summed E-state index contributed by atoms with van der Waals surface area (Å²) in [5, 5.41) is 8.04. The second-order valence-corrected chi connectivity index (χ2v) is 7.78. The van der Waals surface area contributed by atoms with E-state index in [1.807, 2.05) is 0 Å². The van der Waals surface area contributed by atoms with Crippen LogP contribution in [0.5, 0.6) is 0 Å². The van der Waals surface area contributed by atoms with E-state index in [1.54, 1.807) is 11.3 Å². The number of rotatable bonds is 3. The van der Waals surface area contributed by atoms with Gasteiger partial charge in [0.15, 0.2) is 0 Å². The monoisotopic (exact) mass is 304 g/mol. The summed E-state index contributed by atoms with van der Waals surface area (Å²) in [5.74, 6) is 1.09. The first kappa shape index (κ1) is 13.8. The zero-order valence-corrected chi connectivity index (χ0v) is 13.3. The molecule has 1 aromatic heterocycles.